The Morgan fingerprint density at radius 3 is 2.32 bits per heavy atom. The van der Waals surface area contributed by atoms with Gasteiger partial charge in [-0.15, -0.1) is 0 Å². The van der Waals surface area contributed by atoms with Gasteiger partial charge in [-0.3, -0.25) is 19.4 Å². The number of nitrogens with one attached hydrogen (secondary N) is 3. The van der Waals surface area contributed by atoms with Crippen molar-refractivity contribution in [3.05, 3.63) is 134 Å². The molecular weight excluding hydrogens is 510 g/mol. The van der Waals surface area contributed by atoms with Crippen molar-refractivity contribution < 1.29 is 5.11 Å². The Morgan fingerprint density at radius 2 is 1.57 bits per heavy atom. The van der Waals surface area contributed by atoms with Gasteiger partial charge in [0.2, 0.25) is 5.56 Å². The molecule has 0 aliphatic rings. The van der Waals surface area contributed by atoms with Gasteiger partial charge in [0.25, 0.3) is 5.56 Å². The second-order valence-corrected chi connectivity index (χ2v) is 9.44. The Kier molecular flexibility index (Phi) is 7.88. The number of nitrogens with zero attached hydrogens (tertiary/aromatic N) is 1. The molecule has 0 aliphatic heterocycles. The number of hydrogen-bond acceptors (Lipinski definition) is 6. The van der Waals surface area contributed by atoms with E-state index in [9.17, 15) is 14.7 Å². The van der Waals surface area contributed by atoms with Gasteiger partial charge in [-0.05, 0) is 41.5 Å². The maximum absolute atomic E-state index is 13.5. The first kappa shape index (κ1) is 25.9. The molecule has 5 rings (SSSR count). The molecule has 1 unspecified atom stereocenters. The minimum absolute atomic E-state index is 0. The molecule has 0 bridgehead atoms. The molecule has 0 amide bonds. The average Bonchev–Trinajstić information content (AvgIpc) is 3.14. The summed E-state index contributed by atoms with van der Waals surface area (Å²) in [7, 11) is 0. The zero-order valence-electron chi connectivity index (χ0n) is 19.5. The average molecular weight is 533 g/mol. The van der Waals surface area contributed by atoms with Crippen molar-refractivity contribution in [3.8, 4) is 5.88 Å². The summed E-state index contributed by atoms with van der Waals surface area (Å²) in [5, 5.41) is 19.9. The molecule has 0 radical (unpaired) electrons. The van der Waals surface area contributed by atoms with Crippen LogP contribution < -0.4 is 27.7 Å². The number of hydrogen-bond donors (Lipinski definition) is 4. The van der Waals surface area contributed by atoms with E-state index in [0.717, 1.165) is 28.6 Å². The third kappa shape index (κ3) is 5.64. The highest BCUT2D eigenvalue weighted by Gasteiger charge is 2.21. The first-order valence-corrected chi connectivity index (χ1v) is 12.2. The number of anilines is 2. The molecule has 188 valence electrons. The van der Waals surface area contributed by atoms with E-state index in [2.05, 4.69) is 15.4 Å². The minimum Gasteiger partial charge on any atom is -0.858 e. The molecular formula is C27H23ClN5O3S-. The van der Waals surface area contributed by atoms with Crippen LogP contribution in [0.15, 0.2) is 117 Å². The number of benzene rings is 3. The summed E-state index contributed by atoms with van der Waals surface area (Å²) in [5.74, 6) is -0.438. The fourth-order valence-corrected chi connectivity index (χ4v) is 5.04. The summed E-state index contributed by atoms with van der Waals surface area (Å²) in [6, 6.07) is 26.6. The Balaban J connectivity index is 0.00000320. The van der Waals surface area contributed by atoms with E-state index in [1.807, 2.05) is 54.6 Å². The Morgan fingerprint density at radius 1 is 0.865 bits per heavy atom. The standard InChI is InChI=1S/C27H21ClN4O3S.H3N/c28-21-11-4-5-12-22(21)36-25-26(34)31-32(27(25)35)24(17-7-2-1-3-8-17)18-9-6-10-19(15-18)30-20-13-14-29-23(33)16-20;/h1-16,24,35H,(H,31,34)(H2,29,30,33);1H3/p-1. The monoisotopic (exact) mass is 532 g/mol. The number of aromatic amines is 2. The van der Waals surface area contributed by atoms with Crippen molar-refractivity contribution in [3.63, 3.8) is 0 Å². The number of aromatic nitrogens is 3. The van der Waals surface area contributed by atoms with Crippen LogP contribution in [0.3, 0.4) is 0 Å². The highest BCUT2D eigenvalue weighted by Crippen LogP contribution is 2.38. The molecule has 6 N–H and O–H groups in total. The third-order valence-corrected chi connectivity index (χ3v) is 7.11. The van der Waals surface area contributed by atoms with Gasteiger partial charge in [0.15, 0.2) is 0 Å². The largest absolute Gasteiger partial charge is 0.858 e. The van der Waals surface area contributed by atoms with Crippen LogP contribution in [0.4, 0.5) is 11.4 Å². The smallest absolute Gasteiger partial charge is 0.277 e. The van der Waals surface area contributed by atoms with E-state index in [4.69, 9.17) is 11.6 Å². The minimum atomic E-state index is -0.590. The molecule has 37 heavy (non-hydrogen) atoms. The lowest BCUT2D eigenvalue weighted by Gasteiger charge is -2.25. The van der Waals surface area contributed by atoms with Crippen molar-refractivity contribution >= 4 is 34.7 Å². The van der Waals surface area contributed by atoms with E-state index < -0.39 is 17.5 Å². The van der Waals surface area contributed by atoms with Crippen LogP contribution in [-0.4, -0.2) is 14.8 Å². The summed E-state index contributed by atoms with van der Waals surface area (Å²) < 4.78 is 1.35. The fraction of sp³-hybridized carbons (Fsp3) is 0.0370. The molecule has 1 atom stereocenters. The van der Waals surface area contributed by atoms with E-state index in [0.29, 0.717) is 15.6 Å². The molecule has 0 saturated heterocycles. The van der Waals surface area contributed by atoms with Gasteiger partial charge in [-0.1, -0.05) is 78.0 Å². The predicted octanol–water partition coefficient (Wildman–Crippen LogP) is 5.29. The van der Waals surface area contributed by atoms with Crippen molar-refractivity contribution in [2.75, 3.05) is 5.32 Å². The lowest BCUT2D eigenvalue weighted by molar-refractivity contribution is -0.284. The normalized spacial score (nSPS) is 11.5. The Bertz CT molecular complexity index is 1630. The van der Waals surface area contributed by atoms with Crippen LogP contribution in [0.2, 0.25) is 5.02 Å². The SMILES string of the molecule is N.O=c1cc(Nc2cccc(C(c3ccccc3)n3[nH]c(=O)c(Sc4ccccc4Cl)c3[O-])c2)cc[nH]1. The zero-order chi connectivity index (χ0) is 25.1. The van der Waals surface area contributed by atoms with E-state index in [-0.39, 0.29) is 16.6 Å². The summed E-state index contributed by atoms with van der Waals surface area (Å²) >= 11 is 7.31. The van der Waals surface area contributed by atoms with E-state index in [1.165, 1.54) is 10.7 Å². The van der Waals surface area contributed by atoms with Crippen molar-refractivity contribution in [1.29, 1.82) is 0 Å². The maximum atomic E-state index is 13.5. The second-order valence-electron chi connectivity index (χ2n) is 7.98. The third-order valence-electron chi connectivity index (χ3n) is 5.53. The first-order chi connectivity index (χ1) is 17.5. The quantitative estimate of drug-likeness (QED) is 0.224. The van der Waals surface area contributed by atoms with Crippen molar-refractivity contribution in [2.24, 2.45) is 0 Å². The number of pyridine rings is 1. The molecule has 5 aromatic rings. The lowest BCUT2D eigenvalue weighted by atomic mass is 9.98. The molecule has 8 nitrogen and oxygen atoms in total. The zero-order valence-corrected chi connectivity index (χ0v) is 21.1. The molecule has 2 aromatic heterocycles. The lowest BCUT2D eigenvalue weighted by Crippen LogP contribution is -2.18. The predicted molar refractivity (Wildman–Crippen MR) is 146 cm³/mol. The molecule has 0 fully saturated rings. The second kappa shape index (κ2) is 11.3. The maximum Gasteiger partial charge on any atom is 0.277 e. The molecule has 0 spiro atoms. The van der Waals surface area contributed by atoms with Gasteiger partial charge in [-0.25, -0.2) is 0 Å². The number of halogens is 1. The van der Waals surface area contributed by atoms with Crippen molar-refractivity contribution in [1.82, 2.24) is 20.9 Å². The molecule has 0 saturated carbocycles. The molecule has 3 aromatic carbocycles. The molecule has 2 heterocycles. The summed E-state index contributed by atoms with van der Waals surface area (Å²) in [6.07, 6.45) is 1.56. The summed E-state index contributed by atoms with van der Waals surface area (Å²) in [6.45, 7) is 0. The van der Waals surface area contributed by atoms with Crippen molar-refractivity contribution in [2.45, 2.75) is 15.8 Å². The van der Waals surface area contributed by atoms with Crippen LogP contribution in [0.5, 0.6) is 5.88 Å². The van der Waals surface area contributed by atoms with E-state index in [1.54, 1.807) is 36.5 Å². The molecule has 10 heteroatoms. The first-order valence-electron chi connectivity index (χ1n) is 11.0. The van der Waals surface area contributed by atoms with Gasteiger partial charge in [0.1, 0.15) is 0 Å². The van der Waals surface area contributed by atoms with Crippen LogP contribution in [-0.2, 0) is 0 Å². The van der Waals surface area contributed by atoms with Crippen LogP contribution in [0, 0.1) is 0 Å². The number of H-pyrrole nitrogens is 2. The Hall–Kier alpha value is -4.18. The summed E-state index contributed by atoms with van der Waals surface area (Å²) in [4.78, 5) is 27.8. The highest BCUT2D eigenvalue weighted by molar-refractivity contribution is 7.99. The highest BCUT2D eigenvalue weighted by atomic mass is 35.5. The topological polar surface area (TPSA) is 141 Å². The number of rotatable bonds is 7. The van der Waals surface area contributed by atoms with Crippen LogP contribution in [0.1, 0.15) is 17.2 Å². The Labute approximate surface area is 221 Å². The van der Waals surface area contributed by atoms with Gasteiger partial charge in [0.05, 0.1) is 16.0 Å². The van der Waals surface area contributed by atoms with Crippen LogP contribution in [0.25, 0.3) is 0 Å². The molecule has 0 aliphatic carbocycles. The fourth-order valence-electron chi connectivity index (χ4n) is 3.93. The van der Waals surface area contributed by atoms with Crippen LogP contribution >= 0.6 is 23.4 Å². The summed E-state index contributed by atoms with van der Waals surface area (Å²) in [5.41, 5.74) is 2.25. The van der Waals surface area contributed by atoms with Gasteiger partial charge >= 0.3 is 0 Å². The van der Waals surface area contributed by atoms with Gasteiger partial charge in [-0.2, -0.15) is 0 Å². The van der Waals surface area contributed by atoms with Gasteiger partial charge < -0.3 is 21.6 Å². The van der Waals surface area contributed by atoms with Gasteiger partial charge in [0, 0.05) is 34.4 Å². The van der Waals surface area contributed by atoms with E-state index >= 15 is 0 Å².